The average molecular weight is 212 g/mol. The van der Waals surface area contributed by atoms with E-state index in [2.05, 4.69) is 5.92 Å². The van der Waals surface area contributed by atoms with Gasteiger partial charge in [-0.25, -0.2) is 9.36 Å². The van der Waals surface area contributed by atoms with E-state index in [-0.39, 0.29) is 0 Å². The van der Waals surface area contributed by atoms with E-state index in [1.54, 1.807) is 11.9 Å². The van der Waals surface area contributed by atoms with E-state index >= 15 is 0 Å². The van der Waals surface area contributed by atoms with E-state index < -0.39 is 29.0 Å². The fourth-order valence-corrected chi connectivity index (χ4v) is 1.18. The standard InChI is InChI=1S/C9H9FN2O3/c1-3-5(4-2)12-8(14)6(10)7(13)11-9(12)15/h1,5,14H,4H2,2H3,(H,11,13,15). The zero-order valence-electron chi connectivity index (χ0n) is 7.95. The molecule has 0 spiro atoms. The first-order valence-corrected chi connectivity index (χ1v) is 4.22. The summed E-state index contributed by atoms with van der Waals surface area (Å²) in [6.07, 6.45) is 5.43. The van der Waals surface area contributed by atoms with Gasteiger partial charge < -0.3 is 5.11 Å². The van der Waals surface area contributed by atoms with Gasteiger partial charge in [-0.15, -0.1) is 6.42 Å². The molecule has 1 atom stereocenters. The number of hydrogen-bond acceptors (Lipinski definition) is 3. The Bertz CT molecular complexity index is 524. The minimum Gasteiger partial charge on any atom is -0.492 e. The topological polar surface area (TPSA) is 75.1 Å². The van der Waals surface area contributed by atoms with Crippen molar-refractivity contribution in [3.8, 4) is 18.2 Å². The average Bonchev–Trinajstić information content (AvgIpc) is 2.21. The SMILES string of the molecule is C#CC(CC)n1c(O)c(F)c(=O)[nH]c1=O. The number of aromatic nitrogens is 2. The minimum absolute atomic E-state index is 0.329. The fourth-order valence-electron chi connectivity index (χ4n) is 1.18. The summed E-state index contributed by atoms with van der Waals surface area (Å²) in [6, 6.07) is -0.788. The van der Waals surface area contributed by atoms with Crippen molar-refractivity contribution < 1.29 is 9.50 Å². The fraction of sp³-hybridized carbons (Fsp3) is 0.333. The van der Waals surface area contributed by atoms with Crippen LogP contribution in [0.15, 0.2) is 9.59 Å². The zero-order chi connectivity index (χ0) is 11.6. The van der Waals surface area contributed by atoms with Crippen molar-refractivity contribution in [3.63, 3.8) is 0 Å². The number of nitrogens with zero attached hydrogens (tertiary/aromatic N) is 1. The lowest BCUT2D eigenvalue weighted by molar-refractivity contribution is 0.348. The molecule has 1 heterocycles. The van der Waals surface area contributed by atoms with Crippen LogP contribution in [0.3, 0.4) is 0 Å². The van der Waals surface area contributed by atoms with Crippen LogP contribution < -0.4 is 11.2 Å². The summed E-state index contributed by atoms with van der Waals surface area (Å²) in [5, 5.41) is 9.26. The number of halogens is 1. The van der Waals surface area contributed by atoms with E-state index in [1.807, 2.05) is 0 Å². The van der Waals surface area contributed by atoms with Crippen LogP contribution in [0.5, 0.6) is 5.88 Å². The molecule has 80 valence electrons. The molecule has 0 fully saturated rings. The maximum absolute atomic E-state index is 13.0. The summed E-state index contributed by atoms with van der Waals surface area (Å²) in [6.45, 7) is 1.67. The molecule has 2 N–H and O–H groups in total. The lowest BCUT2D eigenvalue weighted by atomic mass is 10.2. The van der Waals surface area contributed by atoms with Crippen LogP contribution in [0.1, 0.15) is 19.4 Å². The van der Waals surface area contributed by atoms with Gasteiger partial charge >= 0.3 is 5.69 Å². The molecule has 0 amide bonds. The summed E-state index contributed by atoms with van der Waals surface area (Å²) in [5.41, 5.74) is -2.19. The molecule has 6 heteroatoms. The molecule has 1 aromatic heterocycles. The quantitative estimate of drug-likeness (QED) is 0.676. The first-order valence-electron chi connectivity index (χ1n) is 4.22. The van der Waals surface area contributed by atoms with Crippen molar-refractivity contribution in [2.75, 3.05) is 0 Å². The second-order valence-corrected chi connectivity index (χ2v) is 2.86. The van der Waals surface area contributed by atoms with E-state index in [0.717, 1.165) is 0 Å². The van der Waals surface area contributed by atoms with Gasteiger partial charge in [0.05, 0.1) is 0 Å². The largest absolute Gasteiger partial charge is 0.492 e. The molecule has 0 saturated carbocycles. The van der Waals surface area contributed by atoms with E-state index in [1.165, 1.54) is 0 Å². The Morgan fingerprint density at radius 2 is 2.27 bits per heavy atom. The molecule has 15 heavy (non-hydrogen) atoms. The van der Waals surface area contributed by atoms with Crippen LogP contribution in [0.25, 0.3) is 0 Å². The molecule has 0 aliphatic rings. The van der Waals surface area contributed by atoms with Gasteiger partial charge in [0.1, 0.15) is 6.04 Å². The molecule has 1 unspecified atom stereocenters. The van der Waals surface area contributed by atoms with Crippen molar-refractivity contribution in [2.45, 2.75) is 19.4 Å². The van der Waals surface area contributed by atoms with Gasteiger partial charge in [-0.3, -0.25) is 9.78 Å². The highest BCUT2D eigenvalue weighted by atomic mass is 19.1. The van der Waals surface area contributed by atoms with E-state index in [0.29, 0.717) is 11.0 Å². The van der Waals surface area contributed by atoms with Crippen LogP contribution in [-0.2, 0) is 0 Å². The molecule has 0 aromatic carbocycles. The van der Waals surface area contributed by atoms with Crippen molar-refractivity contribution in [3.05, 3.63) is 26.7 Å². The van der Waals surface area contributed by atoms with Gasteiger partial charge in [0.2, 0.25) is 11.7 Å². The van der Waals surface area contributed by atoms with Crippen molar-refractivity contribution >= 4 is 0 Å². The Morgan fingerprint density at radius 3 is 2.73 bits per heavy atom. The highest BCUT2D eigenvalue weighted by Crippen LogP contribution is 2.15. The molecule has 1 aromatic rings. The number of rotatable bonds is 2. The predicted octanol–water partition coefficient (Wildman–Crippen LogP) is -0.0344. The Kier molecular flexibility index (Phi) is 2.95. The van der Waals surface area contributed by atoms with E-state index in [9.17, 15) is 19.1 Å². The highest BCUT2D eigenvalue weighted by molar-refractivity contribution is 5.14. The Balaban J connectivity index is 3.57. The van der Waals surface area contributed by atoms with Gasteiger partial charge in [-0.1, -0.05) is 12.8 Å². The summed E-state index contributed by atoms with van der Waals surface area (Å²) in [4.78, 5) is 23.7. The van der Waals surface area contributed by atoms with Gasteiger partial charge in [-0.2, -0.15) is 4.39 Å². The third-order valence-electron chi connectivity index (χ3n) is 1.95. The zero-order valence-corrected chi connectivity index (χ0v) is 7.95. The molecule has 0 bridgehead atoms. The summed E-state index contributed by atoms with van der Waals surface area (Å²) in [7, 11) is 0. The first-order chi connectivity index (χ1) is 7.02. The molecule has 5 nitrogen and oxygen atoms in total. The first kappa shape index (κ1) is 11.0. The lowest BCUT2D eigenvalue weighted by Crippen LogP contribution is -2.33. The third-order valence-corrected chi connectivity index (χ3v) is 1.95. The number of aromatic hydroxyl groups is 1. The number of aromatic amines is 1. The summed E-state index contributed by atoms with van der Waals surface area (Å²) in [5.74, 6) is -0.237. The number of H-pyrrole nitrogens is 1. The van der Waals surface area contributed by atoms with Crippen molar-refractivity contribution in [2.24, 2.45) is 0 Å². The second-order valence-electron chi connectivity index (χ2n) is 2.86. The summed E-state index contributed by atoms with van der Waals surface area (Å²) < 4.78 is 13.6. The van der Waals surface area contributed by atoms with Crippen LogP contribution in [0, 0.1) is 18.2 Å². The Labute approximate surface area is 84.2 Å². The molecule has 0 radical (unpaired) electrons. The van der Waals surface area contributed by atoms with Gasteiger partial charge in [-0.05, 0) is 6.42 Å². The monoisotopic (exact) mass is 212 g/mol. The maximum atomic E-state index is 13.0. The second kappa shape index (κ2) is 4.00. The maximum Gasteiger partial charge on any atom is 0.332 e. The lowest BCUT2D eigenvalue weighted by Gasteiger charge is -2.12. The third kappa shape index (κ3) is 1.76. The highest BCUT2D eigenvalue weighted by Gasteiger charge is 2.18. The van der Waals surface area contributed by atoms with Gasteiger partial charge in [0.25, 0.3) is 5.56 Å². The Hall–Kier alpha value is -2.03. The summed E-state index contributed by atoms with van der Waals surface area (Å²) >= 11 is 0. The van der Waals surface area contributed by atoms with Crippen LogP contribution in [-0.4, -0.2) is 14.7 Å². The van der Waals surface area contributed by atoms with Crippen molar-refractivity contribution in [1.29, 1.82) is 0 Å². The van der Waals surface area contributed by atoms with Gasteiger partial charge in [0.15, 0.2) is 0 Å². The molecular weight excluding hydrogens is 203 g/mol. The van der Waals surface area contributed by atoms with Crippen LogP contribution in [0.2, 0.25) is 0 Å². The van der Waals surface area contributed by atoms with Crippen molar-refractivity contribution in [1.82, 2.24) is 9.55 Å². The number of hydrogen-bond donors (Lipinski definition) is 2. The smallest absolute Gasteiger partial charge is 0.332 e. The number of nitrogens with one attached hydrogen (secondary N) is 1. The molecule has 1 rings (SSSR count). The molecule has 0 aliphatic carbocycles. The normalized spacial score (nSPS) is 12.1. The molecular formula is C9H9FN2O3. The van der Waals surface area contributed by atoms with Crippen LogP contribution >= 0.6 is 0 Å². The predicted molar refractivity (Wildman–Crippen MR) is 51.1 cm³/mol. The minimum atomic E-state index is -1.41. The Morgan fingerprint density at radius 1 is 1.67 bits per heavy atom. The van der Waals surface area contributed by atoms with E-state index in [4.69, 9.17) is 6.42 Å². The molecule has 0 aliphatic heterocycles. The van der Waals surface area contributed by atoms with Crippen LogP contribution in [0.4, 0.5) is 4.39 Å². The van der Waals surface area contributed by atoms with Gasteiger partial charge in [0, 0.05) is 0 Å². The number of terminal acetylenes is 1. The molecule has 0 saturated heterocycles.